The average Bonchev–Trinajstić information content (AvgIpc) is 2.71. The molecule has 0 aliphatic carbocycles. The van der Waals surface area contributed by atoms with Crippen molar-refractivity contribution in [2.75, 3.05) is 13.7 Å². The third-order valence-corrected chi connectivity index (χ3v) is 4.00. The van der Waals surface area contributed by atoms with Crippen LogP contribution in [0.15, 0.2) is 42.5 Å². The second-order valence-corrected chi connectivity index (χ2v) is 6.27. The van der Waals surface area contributed by atoms with Crippen molar-refractivity contribution in [3.05, 3.63) is 59.4 Å². The van der Waals surface area contributed by atoms with Gasteiger partial charge in [0.05, 0.1) is 20.1 Å². The minimum atomic E-state index is -0.406. The number of ether oxygens (including phenoxy) is 2. The second-order valence-electron chi connectivity index (χ2n) is 6.27. The number of ketones is 1. The van der Waals surface area contributed by atoms with E-state index in [-0.39, 0.29) is 37.0 Å². The Labute approximate surface area is 168 Å². The largest absolute Gasteiger partial charge is 0.493 e. The van der Waals surface area contributed by atoms with Crippen LogP contribution in [0.25, 0.3) is 0 Å². The average molecular weight is 402 g/mol. The number of hydrogen-bond acceptors (Lipinski definition) is 5. The number of amides is 2. The van der Waals surface area contributed by atoms with E-state index in [1.165, 1.54) is 38.3 Å². The molecule has 0 unspecified atom stereocenters. The third-order valence-electron chi connectivity index (χ3n) is 4.00. The molecule has 154 valence electrons. The predicted molar refractivity (Wildman–Crippen MR) is 104 cm³/mol. The molecular weight excluding hydrogens is 379 g/mol. The molecule has 2 rings (SSSR count). The van der Waals surface area contributed by atoms with Gasteiger partial charge >= 0.3 is 0 Å². The lowest BCUT2D eigenvalue weighted by atomic mass is 10.1. The fraction of sp³-hybridized carbons (Fsp3) is 0.286. The Morgan fingerprint density at radius 2 is 1.66 bits per heavy atom. The van der Waals surface area contributed by atoms with Gasteiger partial charge in [-0.25, -0.2) is 4.39 Å². The summed E-state index contributed by atoms with van der Waals surface area (Å²) in [5, 5.41) is 0. The Hall–Kier alpha value is -3.42. The Balaban J connectivity index is 1.68. The molecule has 7 nitrogen and oxygen atoms in total. The van der Waals surface area contributed by atoms with Crippen molar-refractivity contribution in [3.63, 3.8) is 0 Å². The van der Waals surface area contributed by atoms with Crippen molar-refractivity contribution in [1.29, 1.82) is 0 Å². The van der Waals surface area contributed by atoms with Crippen molar-refractivity contribution in [2.24, 2.45) is 0 Å². The van der Waals surface area contributed by atoms with Crippen LogP contribution in [0.1, 0.15) is 35.7 Å². The van der Waals surface area contributed by atoms with E-state index < -0.39 is 5.91 Å². The first-order valence-corrected chi connectivity index (χ1v) is 9.03. The third kappa shape index (κ3) is 7.25. The number of halogens is 1. The molecule has 0 aliphatic rings. The maximum absolute atomic E-state index is 12.8. The second kappa shape index (κ2) is 10.8. The van der Waals surface area contributed by atoms with Crippen LogP contribution in [0.2, 0.25) is 0 Å². The lowest BCUT2D eigenvalue weighted by molar-refractivity contribution is -0.128. The highest BCUT2D eigenvalue weighted by molar-refractivity contribution is 5.94. The molecule has 2 aromatic carbocycles. The Kier molecular flexibility index (Phi) is 8.14. The van der Waals surface area contributed by atoms with Gasteiger partial charge in [-0.3, -0.25) is 25.2 Å². The summed E-state index contributed by atoms with van der Waals surface area (Å²) < 4.78 is 23.6. The Bertz CT molecular complexity index is 868. The zero-order valence-electron chi connectivity index (χ0n) is 16.3. The van der Waals surface area contributed by atoms with Crippen LogP contribution < -0.4 is 20.3 Å². The van der Waals surface area contributed by atoms with Crippen LogP contribution in [0.3, 0.4) is 0 Å². The summed E-state index contributed by atoms with van der Waals surface area (Å²) in [6.07, 6.45) is 0.585. The van der Waals surface area contributed by atoms with Crippen LogP contribution in [0, 0.1) is 5.82 Å². The quantitative estimate of drug-likeness (QED) is 0.382. The number of benzene rings is 2. The number of rotatable bonds is 9. The van der Waals surface area contributed by atoms with E-state index in [2.05, 4.69) is 10.9 Å². The smallest absolute Gasteiger partial charge is 0.242 e. The lowest BCUT2D eigenvalue weighted by Gasteiger charge is -2.12. The molecule has 2 N–H and O–H groups in total. The lowest BCUT2D eigenvalue weighted by Crippen LogP contribution is -2.42. The van der Waals surface area contributed by atoms with Crippen LogP contribution in [-0.4, -0.2) is 31.3 Å². The van der Waals surface area contributed by atoms with Gasteiger partial charge in [-0.15, -0.1) is 0 Å². The number of carbonyl (C=O) groups is 3. The minimum absolute atomic E-state index is 0.0275. The maximum Gasteiger partial charge on any atom is 0.242 e. The first-order valence-electron chi connectivity index (χ1n) is 9.03. The van der Waals surface area contributed by atoms with E-state index >= 15 is 0 Å². The fourth-order valence-corrected chi connectivity index (χ4v) is 2.45. The zero-order chi connectivity index (χ0) is 21.2. The van der Waals surface area contributed by atoms with E-state index in [0.717, 1.165) is 0 Å². The van der Waals surface area contributed by atoms with Crippen LogP contribution in [0.4, 0.5) is 4.39 Å². The van der Waals surface area contributed by atoms with E-state index in [0.29, 0.717) is 29.0 Å². The molecule has 0 heterocycles. The number of Topliss-reactive ketones (excluding diaryl/α,β-unsaturated/α-hetero) is 1. The van der Waals surface area contributed by atoms with Gasteiger partial charge in [0.1, 0.15) is 5.82 Å². The van der Waals surface area contributed by atoms with Gasteiger partial charge in [-0.05, 0) is 49.2 Å². The van der Waals surface area contributed by atoms with E-state index in [1.54, 1.807) is 18.2 Å². The van der Waals surface area contributed by atoms with Gasteiger partial charge < -0.3 is 9.47 Å². The molecule has 0 radical (unpaired) electrons. The summed E-state index contributed by atoms with van der Waals surface area (Å²) in [6, 6.07) is 10.4. The standard InChI is InChI=1S/C21H23FN2O5/c1-14(25)16-7-10-18(19(13-16)28-2)29-11-3-4-20(26)23-24-21(27)12-15-5-8-17(22)9-6-15/h5-10,13H,3-4,11-12H2,1-2H3,(H,23,26)(H,24,27). The highest BCUT2D eigenvalue weighted by atomic mass is 19.1. The first kappa shape index (κ1) is 21.9. The molecule has 0 saturated carbocycles. The van der Waals surface area contributed by atoms with Gasteiger partial charge in [0.2, 0.25) is 11.8 Å². The number of carbonyl (C=O) groups excluding carboxylic acids is 3. The van der Waals surface area contributed by atoms with Crippen molar-refractivity contribution >= 4 is 17.6 Å². The molecule has 0 saturated heterocycles. The van der Waals surface area contributed by atoms with Crippen molar-refractivity contribution < 1.29 is 28.2 Å². The summed E-state index contributed by atoms with van der Waals surface area (Å²) in [6.45, 7) is 1.72. The molecule has 0 aliphatic heterocycles. The number of methoxy groups -OCH3 is 1. The zero-order valence-corrected chi connectivity index (χ0v) is 16.3. The van der Waals surface area contributed by atoms with Crippen LogP contribution in [-0.2, 0) is 16.0 Å². The van der Waals surface area contributed by atoms with Crippen LogP contribution >= 0.6 is 0 Å². The van der Waals surface area contributed by atoms with Gasteiger partial charge in [0.25, 0.3) is 0 Å². The Morgan fingerprint density at radius 3 is 2.31 bits per heavy atom. The SMILES string of the molecule is COc1cc(C(C)=O)ccc1OCCCC(=O)NNC(=O)Cc1ccc(F)cc1. The molecule has 8 heteroatoms. The molecular formula is C21H23FN2O5. The summed E-state index contributed by atoms with van der Waals surface area (Å²) in [7, 11) is 1.48. The van der Waals surface area contributed by atoms with Gasteiger partial charge in [-0.2, -0.15) is 0 Å². The Morgan fingerprint density at radius 1 is 0.966 bits per heavy atom. The van der Waals surface area contributed by atoms with Crippen LogP contribution in [0.5, 0.6) is 11.5 Å². The van der Waals surface area contributed by atoms with Crippen molar-refractivity contribution in [2.45, 2.75) is 26.2 Å². The molecule has 0 aromatic heterocycles. The molecule has 0 atom stereocenters. The monoisotopic (exact) mass is 402 g/mol. The maximum atomic E-state index is 12.8. The molecule has 0 fully saturated rings. The minimum Gasteiger partial charge on any atom is -0.493 e. The molecule has 2 aromatic rings. The summed E-state index contributed by atoms with van der Waals surface area (Å²) in [4.78, 5) is 35.0. The van der Waals surface area contributed by atoms with Crippen molar-refractivity contribution in [3.8, 4) is 11.5 Å². The normalized spacial score (nSPS) is 10.2. The van der Waals surface area contributed by atoms with E-state index in [1.807, 2.05) is 0 Å². The molecule has 2 amide bonds. The highest BCUT2D eigenvalue weighted by Gasteiger charge is 2.09. The van der Waals surface area contributed by atoms with Gasteiger partial charge in [0.15, 0.2) is 17.3 Å². The van der Waals surface area contributed by atoms with Gasteiger partial charge in [-0.1, -0.05) is 12.1 Å². The highest BCUT2D eigenvalue weighted by Crippen LogP contribution is 2.28. The molecule has 29 heavy (non-hydrogen) atoms. The van der Waals surface area contributed by atoms with E-state index in [4.69, 9.17) is 9.47 Å². The number of hydrogen-bond donors (Lipinski definition) is 2. The topological polar surface area (TPSA) is 93.7 Å². The molecule has 0 bridgehead atoms. The summed E-state index contributed by atoms with van der Waals surface area (Å²) in [5.74, 6) is -0.303. The van der Waals surface area contributed by atoms with Gasteiger partial charge in [0, 0.05) is 12.0 Å². The summed E-state index contributed by atoms with van der Waals surface area (Å²) in [5.41, 5.74) is 5.79. The van der Waals surface area contributed by atoms with E-state index in [9.17, 15) is 18.8 Å². The number of hydrazine groups is 1. The summed E-state index contributed by atoms with van der Waals surface area (Å²) >= 11 is 0. The van der Waals surface area contributed by atoms with Crippen molar-refractivity contribution in [1.82, 2.24) is 10.9 Å². The molecule has 0 spiro atoms. The predicted octanol–water partition coefficient (Wildman–Crippen LogP) is 2.59. The first-order chi connectivity index (χ1) is 13.9. The number of nitrogens with one attached hydrogen (secondary N) is 2. The fourth-order valence-electron chi connectivity index (χ4n) is 2.45.